The van der Waals surface area contributed by atoms with Gasteiger partial charge in [0.05, 0.1) is 6.61 Å². The third-order valence-corrected chi connectivity index (χ3v) is 4.01. The van der Waals surface area contributed by atoms with Crippen molar-refractivity contribution < 1.29 is 9.53 Å². The number of hydrogen-bond donors (Lipinski definition) is 0. The molecule has 0 saturated heterocycles. The van der Waals surface area contributed by atoms with E-state index in [-0.39, 0.29) is 0 Å². The quantitative estimate of drug-likeness (QED) is 0.786. The molecule has 3 rings (SSSR count). The summed E-state index contributed by atoms with van der Waals surface area (Å²) in [6, 6.07) is 12.3. The highest BCUT2D eigenvalue weighted by Gasteiger charge is 2.26. The van der Waals surface area contributed by atoms with Crippen LogP contribution in [0.1, 0.15) is 38.5 Å². The van der Waals surface area contributed by atoms with Crippen LogP contribution in [0.3, 0.4) is 0 Å². The molecule has 1 aliphatic rings. The minimum absolute atomic E-state index is 0.496. The highest BCUT2D eigenvalue weighted by molar-refractivity contribution is 5.76. The van der Waals surface area contributed by atoms with E-state index in [1.54, 1.807) is 0 Å². The molecule has 0 amide bonds. The third-order valence-electron chi connectivity index (χ3n) is 4.01. The van der Waals surface area contributed by atoms with E-state index in [0.717, 1.165) is 29.6 Å². The van der Waals surface area contributed by atoms with Gasteiger partial charge in [-0.3, -0.25) is 4.79 Å². The molecule has 0 heterocycles. The number of benzene rings is 2. The van der Waals surface area contributed by atoms with Crippen LogP contribution in [0, 0.1) is 13.8 Å². The molecule has 1 aliphatic carbocycles. The molecule has 1 atom stereocenters. The predicted molar refractivity (Wildman–Crippen MR) is 79.7 cm³/mol. The molecule has 0 radical (unpaired) electrons. The molecule has 2 nitrogen and oxygen atoms in total. The monoisotopic (exact) mass is 266 g/mol. The van der Waals surface area contributed by atoms with Crippen LogP contribution >= 0.6 is 0 Å². The topological polar surface area (TPSA) is 26.3 Å². The largest absolute Gasteiger partial charge is 0.492 e. The molecule has 102 valence electrons. The Morgan fingerprint density at radius 2 is 1.90 bits per heavy atom. The van der Waals surface area contributed by atoms with Crippen molar-refractivity contribution in [1.82, 2.24) is 0 Å². The third kappa shape index (κ3) is 2.22. The zero-order chi connectivity index (χ0) is 14.1. The number of hydrogen-bond acceptors (Lipinski definition) is 2. The van der Waals surface area contributed by atoms with Crippen LogP contribution in [-0.4, -0.2) is 12.9 Å². The van der Waals surface area contributed by atoms with Gasteiger partial charge in [0.2, 0.25) is 0 Å². The zero-order valence-corrected chi connectivity index (χ0v) is 11.8. The van der Waals surface area contributed by atoms with Gasteiger partial charge in [-0.05, 0) is 54.7 Å². The van der Waals surface area contributed by atoms with Crippen molar-refractivity contribution in [2.24, 2.45) is 0 Å². The van der Waals surface area contributed by atoms with Crippen LogP contribution in [0.25, 0.3) is 0 Å². The van der Waals surface area contributed by atoms with Crippen LogP contribution in [-0.2, 0) is 6.42 Å². The van der Waals surface area contributed by atoms with Gasteiger partial charge < -0.3 is 4.74 Å². The van der Waals surface area contributed by atoms with Crippen LogP contribution in [0.2, 0.25) is 0 Å². The first-order chi connectivity index (χ1) is 9.69. The molecule has 0 spiro atoms. The maximum Gasteiger partial charge on any atom is 0.150 e. The lowest BCUT2D eigenvalue weighted by molar-refractivity contribution is 0.112. The lowest BCUT2D eigenvalue weighted by atomic mass is 9.78. The number of aryl methyl sites for hydroxylation is 2. The van der Waals surface area contributed by atoms with Gasteiger partial charge in [-0.2, -0.15) is 0 Å². The minimum atomic E-state index is 0.496. The summed E-state index contributed by atoms with van der Waals surface area (Å²) in [5, 5.41) is 0. The predicted octanol–water partition coefficient (Wildman–Crippen LogP) is 3.83. The van der Waals surface area contributed by atoms with E-state index >= 15 is 0 Å². The SMILES string of the molecule is Cc1cc(C=O)cc(C)c1OCC1Cc2ccccc21. The molecular weight excluding hydrogens is 248 g/mol. The minimum Gasteiger partial charge on any atom is -0.492 e. The fourth-order valence-electron chi connectivity index (χ4n) is 2.97. The van der Waals surface area contributed by atoms with E-state index in [4.69, 9.17) is 4.74 Å². The molecule has 0 aromatic heterocycles. The lowest BCUT2D eigenvalue weighted by Gasteiger charge is -2.30. The van der Waals surface area contributed by atoms with Gasteiger partial charge in [-0.25, -0.2) is 0 Å². The van der Waals surface area contributed by atoms with E-state index in [1.165, 1.54) is 11.1 Å². The van der Waals surface area contributed by atoms with Crippen molar-refractivity contribution >= 4 is 6.29 Å². The Hall–Kier alpha value is -2.09. The molecule has 0 bridgehead atoms. The first-order valence-corrected chi connectivity index (χ1v) is 6.96. The Morgan fingerprint density at radius 1 is 1.20 bits per heavy atom. The van der Waals surface area contributed by atoms with Crippen LogP contribution in [0.15, 0.2) is 36.4 Å². The normalized spacial score (nSPS) is 16.2. The standard InChI is InChI=1S/C18H18O2/c1-12-7-14(10-19)8-13(2)18(12)20-11-16-9-15-5-3-4-6-17(15)16/h3-8,10,16H,9,11H2,1-2H3. The van der Waals surface area contributed by atoms with Crippen molar-refractivity contribution in [3.8, 4) is 5.75 Å². The Balaban J connectivity index is 1.73. The second-order valence-corrected chi connectivity index (χ2v) is 5.51. The summed E-state index contributed by atoms with van der Waals surface area (Å²) < 4.78 is 6.01. The highest BCUT2D eigenvalue weighted by Crippen LogP contribution is 2.36. The van der Waals surface area contributed by atoms with Gasteiger partial charge in [-0.1, -0.05) is 24.3 Å². The summed E-state index contributed by atoms with van der Waals surface area (Å²) in [5.74, 6) is 1.41. The Labute approximate surface area is 119 Å². The van der Waals surface area contributed by atoms with E-state index in [2.05, 4.69) is 24.3 Å². The highest BCUT2D eigenvalue weighted by atomic mass is 16.5. The molecule has 2 aromatic carbocycles. The average molecular weight is 266 g/mol. The van der Waals surface area contributed by atoms with Crippen molar-refractivity contribution in [1.29, 1.82) is 0 Å². The maximum absolute atomic E-state index is 10.8. The average Bonchev–Trinajstić information content (AvgIpc) is 2.42. The molecule has 2 aromatic rings. The van der Waals surface area contributed by atoms with Crippen molar-refractivity contribution in [3.05, 3.63) is 64.2 Å². The molecule has 20 heavy (non-hydrogen) atoms. The first-order valence-electron chi connectivity index (χ1n) is 6.96. The van der Waals surface area contributed by atoms with Crippen molar-refractivity contribution in [2.45, 2.75) is 26.2 Å². The number of carbonyl (C=O) groups is 1. The summed E-state index contributed by atoms with van der Waals surface area (Å²) in [6.45, 7) is 4.69. The summed E-state index contributed by atoms with van der Waals surface area (Å²) in [7, 11) is 0. The van der Waals surface area contributed by atoms with Crippen LogP contribution in [0.4, 0.5) is 0 Å². The van der Waals surface area contributed by atoms with Crippen molar-refractivity contribution in [2.75, 3.05) is 6.61 Å². The lowest BCUT2D eigenvalue weighted by Crippen LogP contribution is -2.23. The van der Waals surface area contributed by atoms with Gasteiger partial charge in [0, 0.05) is 11.5 Å². The molecule has 0 aliphatic heterocycles. The second kappa shape index (κ2) is 5.12. The maximum atomic E-state index is 10.8. The zero-order valence-electron chi connectivity index (χ0n) is 11.8. The van der Waals surface area contributed by atoms with E-state index in [1.807, 2.05) is 26.0 Å². The van der Waals surface area contributed by atoms with Crippen LogP contribution < -0.4 is 4.74 Å². The second-order valence-electron chi connectivity index (χ2n) is 5.51. The fraction of sp³-hybridized carbons (Fsp3) is 0.278. The summed E-state index contributed by atoms with van der Waals surface area (Å²) >= 11 is 0. The van der Waals surface area contributed by atoms with Gasteiger partial charge in [0.1, 0.15) is 12.0 Å². The molecule has 0 fully saturated rings. The van der Waals surface area contributed by atoms with Gasteiger partial charge in [-0.15, -0.1) is 0 Å². The van der Waals surface area contributed by atoms with E-state index in [0.29, 0.717) is 18.1 Å². The Bertz CT molecular complexity index is 635. The number of carbonyl (C=O) groups excluding carboxylic acids is 1. The molecule has 1 unspecified atom stereocenters. The van der Waals surface area contributed by atoms with Crippen LogP contribution in [0.5, 0.6) is 5.75 Å². The molecule has 0 N–H and O–H groups in total. The molecule has 0 saturated carbocycles. The summed E-state index contributed by atoms with van der Waals surface area (Å²) in [5.41, 5.74) is 5.61. The number of ether oxygens (including phenoxy) is 1. The number of fused-ring (bicyclic) bond motifs is 1. The van der Waals surface area contributed by atoms with E-state index < -0.39 is 0 Å². The van der Waals surface area contributed by atoms with E-state index in [9.17, 15) is 4.79 Å². The summed E-state index contributed by atoms with van der Waals surface area (Å²) in [4.78, 5) is 10.8. The fourth-order valence-corrected chi connectivity index (χ4v) is 2.97. The smallest absolute Gasteiger partial charge is 0.150 e. The summed E-state index contributed by atoms with van der Waals surface area (Å²) in [6.07, 6.45) is 1.98. The number of aldehydes is 1. The van der Waals surface area contributed by atoms with Gasteiger partial charge in [0.15, 0.2) is 0 Å². The van der Waals surface area contributed by atoms with Crippen molar-refractivity contribution in [3.63, 3.8) is 0 Å². The molecular formula is C18H18O2. The van der Waals surface area contributed by atoms with Gasteiger partial charge in [0.25, 0.3) is 0 Å². The van der Waals surface area contributed by atoms with Gasteiger partial charge >= 0.3 is 0 Å². The Morgan fingerprint density at radius 3 is 2.55 bits per heavy atom. The molecule has 2 heteroatoms. The number of rotatable bonds is 4. The first kappa shape index (κ1) is 12.9. The Kier molecular flexibility index (Phi) is 3.31.